The van der Waals surface area contributed by atoms with Gasteiger partial charge in [-0.1, -0.05) is 12.1 Å². The van der Waals surface area contributed by atoms with Crippen LogP contribution in [-0.4, -0.2) is 46.2 Å². The predicted octanol–water partition coefficient (Wildman–Crippen LogP) is 1.87. The van der Waals surface area contributed by atoms with Gasteiger partial charge in [0.15, 0.2) is 11.5 Å². The van der Waals surface area contributed by atoms with E-state index >= 15 is 0 Å². The Balaban J connectivity index is 1.57. The molecule has 2 aromatic heterocycles. The number of nitrogens with zero attached hydrogens (tertiary/aromatic N) is 3. The molecule has 1 amide bonds. The van der Waals surface area contributed by atoms with Crippen LogP contribution in [0, 0.1) is 0 Å². The number of nitrogens with one attached hydrogen (secondary N) is 2. The third-order valence-electron chi connectivity index (χ3n) is 5.10. The Labute approximate surface area is 172 Å². The highest BCUT2D eigenvalue weighted by atomic mass is 16.5. The Kier molecular flexibility index (Phi) is 4.64. The van der Waals surface area contributed by atoms with Gasteiger partial charge in [0.2, 0.25) is 0 Å². The summed E-state index contributed by atoms with van der Waals surface area (Å²) in [5.74, 6) is 0.801. The van der Waals surface area contributed by atoms with E-state index in [2.05, 4.69) is 25.6 Å². The molecule has 2 atom stereocenters. The first-order valence-electron chi connectivity index (χ1n) is 9.67. The average Bonchev–Trinajstić information content (AvgIpc) is 3.20. The largest absolute Gasteiger partial charge is 0.490 e. The summed E-state index contributed by atoms with van der Waals surface area (Å²) >= 11 is 0. The number of ether oxygens (including phenoxy) is 2. The molecule has 1 aromatic carbocycles. The molecular weight excluding hydrogens is 384 g/mol. The van der Waals surface area contributed by atoms with Gasteiger partial charge in [-0.25, -0.2) is 9.97 Å². The first kappa shape index (κ1) is 18.3. The van der Waals surface area contributed by atoms with Crippen molar-refractivity contribution in [3.8, 4) is 22.8 Å². The topological polar surface area (TPSA) is 124 Å². The number of anilines is 2. The normalized spacial score (nSPS) is 20.5. The minimum absolute atomic E-state index is 0.0301. The van der Waals surface area contributed by atoms with Crippen LogP contribution in [0.3, 0.4) is 0 Å². The van der Waals surface area contributed by atoms with Crippen LogP contribution in [0.4, 0.5) is 11.5 Å². The van der Waals surface area contributed by atoms with E-state index in [-0.39, 0.29) is 23.7 Å². The van der Waals surface area contributed by atoms with Gasteiger partial charge in [0.05, 0.1) is 18.1 Å². The van der Waals surface area contributed by atoms with Gasteiger partial charge < -0.3 is 25.8 Å². The van der Waals surface area contributed by atoms with Crippen LogP contribution >= 0.6 is 0 Å². The molecular formula is C21H20N6O3. The van der Waals surface area contributed by atoms with Crippen LogP contribution in [-0.2, 0) is 0 Å². The first-order chi connectivity index (χ1) is 14.7. The number of benzene rings is 1. The number of carbonyl (C=O) groups excluding carboxylic acids is 1. The number of hydrogen-bond acceptors (Lipinski definition) is 8. The quantitative estimate of drug-likeness (QED) is 0.519. The number of hydrogen-bond donors (Lipinski definition) is 3. The molecule has 4 N–H and O–H groups in total. The highest BCUT2D eigenvalue weighted by Crippen LogP contribution is 2.28. The van der Waals surface area contributed by atoms with Crippen LogP contribution in [0.5, 0.6) is 11.5 Å². The van der Waals surface area contributed by atoms with E-state index in [1.807, 2.05) is 24.3 Å². The fraction of sp³-hybridized carbons (Fsp3) is 0.238. The second kappa shape index (κ2) is 7.60. The number of amides is 1. The second-order valence-electron chi connectivity index (χ2n) is 7.23. The molecule has 0 radical (unpaired) electrons. The van der Waals surface area contributed by atoms with Gasteiger partial charge in [-0.2, -0.15) is 0 Å². The van der Waals surface area contributed by atoms with Crippen molar-refractivity contribution in [2.24, 2.45) is 0 Å². The summed E-state index contributed by atoms with van der Waals surface area (Å²) in [7, 11) is 0. The lowest BCUT2D eigenvalue weighted by Gasteiger charge is -2.17. The smallest absolute Gasteiger partial charge is 0.278 e. The molecule has 2 aliphatic rings. The van der Waals surface area contributed by atoms with Crippen molar-refractivity contribution >= 4 is 17.4 Å². The average molecular weight is 404 g/mol. The molecule has 5 rings (SSSR count). The SMILES string of the molecule is Nc1ncc2nc1C(=O)Nc1cnccc1OCC1CC(CN1)Oc1cccc-2c1. The highest BCUT2D eigenvalue weighted by molar-refractivity contribution is 6.06. The zero-order chi connectivity index (χ0) is 20.5. The summed E-state index contributed by atoms with van der Waals surface area (Å²) in [6.07, 6.45) is 5.52. The van der Waals surface area contributed by atoms with Crippen molar-refractivity contribution in [1.82, 2.24) is 20.3 Å². The second-order valence-corrected chi connectivity index (χ2v) is 7.23. The molecule has 1 saturated heterocycles. The van der Waals surface area contributed by atoms with Crippen molar-refractivity contribution in [2.45, 2.75) is 18.6 Å². The van der Waals surface area contributed by atoms with Gasteiger partial charge in [-0.05, 0) is 12.1 Å². The number of nitrogens with two attached hydrogens (primary N) is 1. The summed E-state index contributed by atoms with van der Waals surface area (Å²) in [5, 5.41) is 6.21. The van der Waals surface area contributed by atoms with E-state index in [9.17, 15) is 4.79 Å². The van der Waals surface area contributed by atoms with Crippen molar-refractivity contribution in [2.75, 3.05) is 24.2 Å². The number of carbonyl (C=O) groups is 1. The van der Waals surface area contributed by atoms with E-state index in [1.54, 1.807) is 18.5 Å². The van der Waals surface area contributed by atoms with Crippen LogP contribution < -0.4 is 25.8 Å². The molecule has 0 spiro atoms. The molecule has 2 aliphatic heterocycles. The molecule has 2 unspecified atom stereocenters. The molecule has 30 heavy (non-hydrogen) atoms. The molecule has 6 bridgehead atoms. The van der Waals surface area contributed by atoms with Crippen molar-refractivity contribution in [3.05, 3.63) is 54.6 Å². The number of fused-ring (bicyclic) bond motifs is 8. The Morgan fingerprint density at radius 2 is 2.13 bits per heavy atom. The van der Waals surface area contributed by atoms with E-state index in [0.29, 0.717) is 23.7 Å². The number of rotatable bonds is 0. The third kappa shape index (κ3) is 3.62. The summed E-state index contributed by atoms with van der Waals surface area (Å²) in [5.41, 5.74) is 7.72. The Morgan fingerprint density at radius 1 is 1.20 bits per heavy atom. The van der Waals surface area contributed by atoms with Crippen molar-refractivity contribution in [3.63, 3.8) is 0 Å². The third-order valence-corrected chi connectivity index (χ3v) is 5.10. The lowest BCUT2D eigenvalue weighted by molar-refractivity contribution is 0.102. The van der Waals surface area contributed by atoms with Crippen LogP contribution in [0.2, 0.25) is 0 Å². The van der Waals surface area contributed by atoms with E-state index in [0.717, 1.165) is 24.3 Å². The number of pyridine rings is 1. The van der Waals surface area contributed by atoms with E-state index in [4.69, 9.17) is 15.2 Å². The standard InChI is InChI=1S/C21H20N6O3/c22-20-19-21(28)27-17-9-23-5-4-18(17)29-11-13-7-15(8-24-13)30-14-3-1-2-12(6-14)16(26-19)10-25-20/h1-6,9-10,13,15,24H,7-8,11H2,(H2,22,25)(H,27,28). The molecule has 152 valence electrons. The Bertz CT molecular complexity index is 1110. The molecule has 9 nitrogen and oxygen atoms in total. The van der Waals surface area contributed by atoms with Gasteiger partial charge in [-0.3, -0.25) is 9.78 Å². The lowest BCUT2D eigenvalue weighted by atomic mass is 10.1. The molecule has 9 heteroatoms. The Hall–Kier alpha value is -3.72. The monoisotopic (exact) mass is 404 g/mol. The molecule has 0 aliphatic carbocycles. The minimum Gasteiger partial charge on any atom is -0.490 e. The summed E-state index contributed by atoms with van der Waals surface area (Å²) in [6.45, 7) is 1.16. The maximum atomic E-state index is 12.9. The van der Waals surface area contributed by atoms with Gasteiger partial charge in [0.25, 0.3) is 5.91 Å². The summed E-state index contributed by atoms with van der Waals surface area (Å²) < 4.78 is 12.1. The zero-order valence-electron chi connectivity index (χ0n) is 16.0. The lowest BCUT2D eigenvalue weighted by Crippen LogP contribution is -2.28. The maximum Gasteiger partial charge on any atom is 0.278 e. The fourth-order valence-electron chi connectivity index (χ4n) is 3.60. The van der Waals surface area contributed by atoms with E-state index in [1.165, 1.54) is 6.20 Å². The van der Waals surface area contributed by atoms with Crippen molar-refractivity contribution < 1.29 is 14.3 Å². The van der Waals surface area contributed by atoms with E-state index < -0.39 is 5.91 Å². The van der Waals surface area contributed by atoms with Gasteiger partial charge >= 0.3 is 0 Å². The molecule has 0 saturated carbocycles. The molecule has 3 aromatic rings. The fourth-order valence-corrected chi connectivity index (χ4v) is 3.60. The van der Waals surface area contributed by atoms with Crippen LogP contribution in [0.1, 0.15) is 16.9 Å². The van der Waals surface area contributed by atoms with Gasteiger partial charge in [-0.15, -0.1) is 0 Å². The summed E-state index contributed by atoms with van der Waals surface area (Å²) in [4.78, 5) is 25.6. The van der Waals surface area contributed by atoms with Crippen LogP contribution in [0.15, 0.2) is 48.9 Å². The summed E-state index contributed by atoms with van der Waals surface area (Å²) in [6, 6.07) is 9.40. The molecule has 4 heterocycles. The first-order valence-corrected chi connectivity index (χ1v) is 9.67. The zero-order valence-corrected chi connectivity index (χ0v) is 16.0. The van der Waals surface area contributed by atoms with Crippen molar-refractivity contribution in [1.29, 1.82) is 0 Å². The predicted molar refractivity (Wildman–Crippen MR) is 110 cm³/mol. The van der Waals surface area contributed by atoms with Gasteiger partial charge in [0, 0.05) is 36.8 Å². The Morgan fingerprint density at radius 3 is 3.07 bits per heavy atom. The van der Waals surface area contributed by atoms with Crippen LogP contribution in [0.25, 0.3) is 11.3 Å². The van der Waals surface area contributed by atoms with Gasteiger partial charge in [0.1, 0.15) is 29.9 Å². The number of aromatic nitrogens is 3. The molecule has 1 fully saturated rings. The number of nitrogen functional groups attached to an aromatic ring is 1. The minimum atomic E-state index is -0.488. The maximum absolute atomic E-state index is 12.9. The highest BCUT2D eigenvalue weighted by Gasteiger charge is 2.27.